The van der Waals surface area contributed by atoms with Gasteiger partial charge in [0.2, 0.25) is 5.91 Å². The molecule has 0 bridgehead atoms. The van der Waals surface area contributed by atoms with Crippen LogP contribution in [-0.2, 0) is 11.0 Å². The van der Waals surface area contributed by atoms with Crippen molar-refractivity contribution < 1.29 is 18.0 Å². The van der Waals surface area contributed by atoms with Crippen molar-refractivity contribution >= 4 is 5.91 Å². The summed E-state index contributed by atoms with van der Waals surface area (Å²) >= 11 is 0. The van der Waals surface area contributed by atoms with Gasteiger partial charge in [0.05, 0.1) is 5.56 Å². The Balaban J connectivity index is 2.17. The van der Waals surface area contributed by atoms with Crippen molar-refractivity contribution in [2.24, 2.45) is 0 Å². The second-order valence-corrected chi connectivity index (χ2v) is 3.67. The number of aromatic nitrogens is 1. The van der Waals surface area contributed by atoms with Crippen LogP contribution < -0.4 is 5.32 Å². The van der Waals surface area contributed by atoms with Crippen LogP contribution in [0.15, 0.2) is 18.3 Å². The second kappa shape index (κ2) is 3.77. The molecule has 1 saturated heterocycles. The van der Waals surface area contributed by atoms with Gasteiger partial charge in [-0.3, -0.25) is 9.78 Å². The molecule has 0 radical (unpaired) electrons. The molecule has 0 aliphatic carbocycles. The van der Waals surface area contributed by atoms with E-state index in [2.05, 4.69) is 10.3 Å². The number of alkyl halides is 3. The number of carbonyl (C=O) groups excluding carboxylic acids is 1. The maximum atomic E-state index is 12.3. The van der Waals surface area contributed by atoms with Crippen LogP contribution in [0.1, 0.15) is 23.6 Å². The lowest BCUT2D eigenvalue weighted by molar-refractivity contribution is -0.137. The van der Waals surface area contributed by atoms with Crippen molar-refractivity contribution in [1.29, 1.82) is 0 Å². The highest BCUT2D eigenvalue weighted by molar-refractivity contribution is 5.79. The van der Waals surface area contributed by atoms with Crippen molar-refractivity contribution in [3.8, 4) is 0 Å². The van der Waals surface area contributed by atoms with E-state index < -0.39 is 11.7 Å². The van der Waals surface area contributed by atoms with Crippen LogP contribution in [0.5, 0.6) is 0 Å². The molecule has 1 aliphatic heterocycles. The van der Waals surface area contributed by atoms with Crippen LogP contribution >= 0.6 is 0 Å². The number of nitrogens with one attached hydrogen (secondary N) is 1. The molecule has 16 heavy (non-hydrogen) atoms. The summed E-state index contributed by atoms with van der Waals surface area (Å²) in [5, 5.41) is 2.61. The van der Waals surface area contributed by atoms with E-state index in [1.807, 2.05) is 0 Å². The Kier molecular flexibility index (Phi) is 2.57. The summed E-state index contributed by atoms with van der Waals surface area (Å²) < 4.78 is 36.8. The summed E-state index contributed by atoms with van der Waals surface area (Å²) in [6, 6.07) is 2.32. The van der Waals surface area contributed by atoms with Crippen LogP contribution in [-0.4, -0.2) is 17.4 Å². The van der Waals surface area contributed by atoms with Crippen LogP contribution in [0.2, 0.25) is 0 Å². The van der Waals surface area contributed by atoms with Crippen LogP contribution in [0.4, 0.5) is 13.2 Å². The molecule has 3 nitrogen and oxygen atoms in total. The summed E-state index contributed by atoms with van der Waals surface area (Å²) in [7, 11) is 0. The largest absolute Gasteiger partial charge is 0.417 e. The quantitative estimate of drug-likeness (QED) is 0.797. The fourth-order valence-corrected chi connectivity index (χ4v) is 1.63. The molecule has 1 amide bonds. The van der Waals surface area contributed by atoms with Gasteiger partial charge in [0.25, 0.3) is 0 Å². The normalized spacial score (nSPS) is 20.9. The number of rotatable bonds is 1. The number of nitrogens with zero attached hydrogens (tertiary/aromatic N) is 1. The Morgan fingerprint density at radius 3 is 2.56 bits per heavy atom. The van der Waals surface area contributed by atoms with Gasteiger partial charge < -0.3 is 5.32 Å². The Morgan fingerprint density at radius 2 is 2.12 bits per heavy atom. The van der Waals surface area contributed by atoms with Crippen molar-refractivity contribution in [2.75, 3.05) is 6.54 Å². The van der Waals surface area contributed by atoms with Crippen LogP contribution in [0.25, 0.3) is 0 Å². The Hall–Kier alpha value is -1.59. The molecule has 1 aromatic heterocycles. The van der Waals surface area contributed by atoms with E-state index in [-0.39, 0.29) is 11.8 Å². The lowest BCUT2D eigenvalue weighted by atomic mass is 10.0. The molecule has 1 aliphatic rings. The molecular formula is C10H9F3N2O. The van der Waals surface area contributed by atoms with Gasteiger partial charge in [-0.15, -0.1) is 0 Å². The minimum Gasteiger partial charge on any atom is -0.355 e. The minimum atomic E-state index is -4.37. The molecule has 1 aromatic rings. The van der Waals surface area contributed by atoms with E-state index in [0.29, 0.717) is 18.7 Å². The summed E-state index contributed by atoms with van der Waals surface area (Å²) in [4.78, 5) is 14.7. The van der Waals surface area contributed by atoms with Gasteiger partial charge in [-0.25, -0.2) is 0 Å². The summed E-state index contributed by atoms with van der Waals surface area (Å²) in [5.41, 5.74) is -0.250. The number of pyridine rings is 1. The molecule has 1 N–H and O–H groups in total. The molecule has 0 aromatic carbocycles. The zero-order chi connectivity index (χ0) is 11.8. The van der Waals surface area contributed by atoms with E-state index in [4.69, 9.17) is 0 Å². The highest BCUT2D eigenvalue weighted by Crippen LogP contribution is 2.29. The molecular weight excluding hydrogens is 221 g/mol. The first-order chi connectivity index (χ1) is 7.47. The van der Waals surface area contributed by atoms with Gasteiger partial charge in [0.1, 0.15) is 0 Å². The van der Waals surface area contributed by atoms with E-state index >= 15 is 0 Å². The van der Waals surface area contributed by atoms with Gasteiger partial charge in [-0.2, -0.15) is 13.2 Å². The molecule has 1 atom stereocenters. The molecule has 6 heteroatoms. The average Bonchev–Trinajstić information content (AvgIpc) is 2.64. The smallest absolute Gasteiger partial charge is 0.355 e. The number of halogens is 3. The molecule has 86 valence electrons. The molecule has 0 saturated carbocycles. The SMILES string of the molecule is O=C1CC(c2ccc(C(F)(F)F)cn2)CN1. The van der Waals surface area contributed by atoms with E-state index in [1.54, 1.807) is 0 Å². The lowest BCUT2D eigenvalue weighted by Gasteiger charge is -2.09. The van der Waals surface area contributed by atoms with Crippen LogP contribution in [0.3, 0.4) is 0 Å². The summed E-state index contributed by atoms with van der Waals surface area (Å²) in [5.74, 6) is -0.207. The predicted molar refractivity (Wildman–Crippen MR) is 49.6 cm³/mol. The van der Waals surface area contributed by atoms with Crippen LogP contribution in [0, 0.1) is 0 Å². The van der Waals surface area contributed by atoms with Gasteiger partial charge >= 0.3 is 6.18 Å². The number of hydrogen-bond donors (Lipinski definition) is 1. The number of carbonyl (C=O) groups is 1. The summed E-state index contributed by atoms with van der Waals surface area (Å²) in [6.45, 7) is 0.442. The van der Waals surface area contributed by atoms with Crippen molar-refractivity contribution in [1.82, 2.24) is 10.3 Å². The van der Waals surface area contributed by atoms with E-state index in [0.717, 1.165) is 12.3 Å². The number of amides is 1. The molecule has 1 unspecified atom stereocenters. The molecule has 0 spiro atoms. The van der Waals surface area contributed by atoms with Gasteiger partial charge in [-0.1, -0.05) is 0 Å². The average molecular weight is 230 g/mol. The Morgan fingerprint density at radius 1 is 1.38 bits per heavy atom. The first kappa shape index (κ1) is 10.9. The standard InChI is InChI=1S/C10H9F3N2O/c11-10(12,13)7-1-2-8(14-5-7)6-3-9(16)15-4-6/h1-2,5-6H,3-4H2,(H,15,16). The Labute approximate surface area is 89.7 Å². The third kappa shape index (κ3) is 2.15. The highest BCUT2D eigenvalue weighted by Gasteiger charge is 2.31. The Bertz CT molecular complexity index is 400. The lowest BCUT2D eigenvalue weighted by Crippen LogP contribution is -2.14. The van der Waals surface area contributed by atoms with Crippen molar-refractivity contribution in [3.63, 3.8) is 0 Å². The zero-order valence-electron chi connectivity index (χ0n) is 8.21. The second-order valence-electron chi connectivity index (χ2n) is 3.67. The fraction of sp³-hybridized carbons (Fsp3) is 0.400. The predicted octanol–water partition coefficient (Wildman–Crippen LogP) is 1.70. The maximum absolute atomic E-state index is 12.3. The molecule has 1 fully saturated rings. The van der Waals surface area contributed by atoms with Gasteiger partial charge in [0, 0.05) is 30.8 Å². The monoisotopic (exact) mass is 230 g/mol. The summed E-state index contributed by atoms with van der Waals surface area (Å²) in [6.07, 6.45) is -3.27. The van der Waals surface area contributed by atoms with Crippen molar-refractivity contribution in [3.05, 3.63) is 29.6 Å². The third-order valence-electron chi connectivity index (χ3n) is 2.51. The molecule has 2 heterocycles. The first-order valence-corrected chi connectivity index (χ1v) is 4.76. The number of hydrogen-bond acceptors (Lipinski definition) is 2. The third-order valence-corrected chi connectivity index (χ3v) is 2.51. The highest BCUT2D eigenvalue weighted by atomic mass is 19.4. The fourth-order valence-electron chi connectivity index (χ4n) is 1.63. The van der Waals surface area contributed by atoms with E-state index in [9.17, 15) is 18.0 Å². The maximum Gasteiger partial charge on any atom is 0.417 e. The van der Waals surface area contributed by atoms with E-state index in [1.165, 1.54) is 6.07 Å². The minimum absolute atomic E-state index is 0.0910. The topological polar surface area (TPSA) is 42.0 Å². The van der Waals surface area contributed by atoms with Gasteiger partial charge in [-0.05, 0) is 12.1 Å². The zero-order valence-corrected chi connectivity index (χ0v) is 8.21. The van der Waals surface area contributed by atoms with Crippen molar-refractivity contribution in [2.45, 2.75) is 18.5 Å². The molecule has 2 rings (SSSR count). The van der Waals surface area contributed by atoms with Gasteiger partial charge in [0.15, 0.2) is 0 Å². The first-order valence-electron chi connectivity index (χ1n) is 4.76.